The Bertz CT molecular complexity index is 561. The molecule has 7 nitrogen and oxygen atoms in total. The largest absolute Gasteiger partial charge is 0.470 e. The molecule has 0 atom stereocenters. The first kappa shape index (κ1) is 13.8. The fraction of sp³-hybridized carbons (Fsp3) is 0.385. The minimum Gasteiger partial charge on any atom is -0.470 e. The van der Waals surface area contributed by atoms with Gasteiger partial charge in [-0.2, -0.15) is 5.26 Å². The number of likely N-dealkylation sites (tertiary alicyclic amines) is 1. The topological polar surface area (TPSA) is 92.5 Å². The van der Waals surface area contributed by atoms with Crippen LogP contribution in [0.4, 0.5) is 0 Å². The number of hydrogen-bond acceptors (Lipinski definition) is 6. The smallest absolute Gasteiger partial charge is 0.397 e. The van der Waals surface area contributed by atoms with Gasteiger partial charge in [0.15, 0.2) is 0 Å². The van der Waals surface area contributed by atoms with Gasteiger partial charge in [-0.1, -0.05) is 0 Å². The molecule has 0 aromatic carbocycles. The lowest BCUT2D eigenvalue weighted by molar-refractivity contribution is -0.164. The fourth-order valence-corrected chi connectivity index (χ4v) is 1.73. The zero-order valence-electron chi connectivity index (χ0n) is 10.9. The summed E-state index contributed by atoms with van der Waals surface area (Å²) in [6, 6.07) is 5.22. The molecule has 1 aromatic rings. The van der Waals surface area contributed by atoms with E-state index in [-0.39, 0.29) is 31.7 Å². The quantitative estimate of drug-likeness (QED) is 0.574. The number of carbonyl (C=O) groups excluding carboxylic acids is 2. The lowest BCUT2D eigenvalue weighted by atomic mass is 10.1. The molecule has 1 saturated heterocycles. The number of rotatable bonds is 3. The van der Waals surface area contributed by atoms with Gasteiger partial charge in [0.05, 0.1) is 19.7 Å². The van der Waals surface area contributed by atoms with Crippen molar-refractivity contribution in [1.29, 1.82) is 5.26 Å². The fourth-order valence-electron chi connectivity index (χ4n) is 1.73. The lowest BCUT2D eigenvalue weighted by Gasteiger charge is -2.37. The first-order chi connectivity index (χ1) is 9.65. The number of carbonyl (C=O) groups is 2. The second-order valence-electron chi connectivity index (χ2n) is 4.14. The van der Waals surface area contributed by atoms with Gasteiger partial charge in [-0.05, 0) is 19.1 Å². The third-order valence-corrected chi connectivity index (χ3v) is 2.76. The van der Waals surface area contributed by atoms with Crippen molar-refractivity contribution in [2.45, 2.75) is 13.0 Å². The zero-order chi connectivity index (χ0) is 14.5. The molecule has 1 fully saturated rings. The van der Waals surface area contributed by atoms with Crippen LogP contribution in [0.5, 0.6) is 5.88 Å². The van der Waals surface area contributed by atoms with Crippen LogP contribution in [0, 0.1) is 11.3 Å². The van der Waals surface area contributed by atoms with Crippen molar-refractivity contribution >= 4 is 11.9 Å². The molecule has 0 aliphatic carbocycles. The predicted molar refractivity (Wildman–Crippen MR) is 66.6 cm³/mol. The van der Waals surface area contributed by atoms with Gasteiger partial charge in [0.1, 0.15) is 17.7 Å². The molecule has 104 valence electrons. The van der Waals surface area contributed by atoms with Crippen molar-refractivity contribution in [2.75, 3.05) is 19.7 Å². The van der Waals surface area contributed by atoms with Crippen molar-refractivity contribution in [3.63, 3.8) is 0 Å². The van der Waals surface area contributed by atoms with Crippen molar-refractivity contribution in [3.8, 4) is 11.9 Å². The van der Waals surface area contributed by atoms with Crippen LogP contribution in [-0.2, 0) is 14.3 Å². The molecule has 0 radical (unpaired) electrons. The Morgan fingerprint density at radius 3 is 2.95 bits per heavy atom. The highest BCUT2D eigenvalue weighted by Crippen LogP contribution is 2.19. The molecule has 1 aromatic heterocycles. The van der Waals surface area contributed by atoms with Gasteiger partial charge in [0.25, 0.3) is 0 Å². The normalized spacial score (nSPS) is 14.1. The highest BCUT2D eigenvalue weighted by molar-refractivity contribution is 6.32. The molecule has 0 bridgehead atoms. The number of pyridine rings is 1. The third kappa shape index (κ3) is 2.85. The maximum Gasteiger partial charge on any atom is 0.397 e. The van der Waals surface area contributed by atoms with E-state index < -0.39 is 11.9 Å². The van der Waals surface area contributed by atoms with Gasteiger partial charge in [-0.25, -0.2) is 9.78 Å². The minimum atomic E-state index is -0.860. The molecule has 0 N–H and O–H groups in total. The molecule has 2 heterocycles. The summed E-state index contributed by atoms with van der Waals surface area (Å²) in [5.74, 6) is -1.29. The zero-order valence-corrected chi connectivity index (χ0v) is 10.9. The minimum absolute atomic E-state index is 0.164. The van der Waals surface area contributed by atoms with Crippen LogP contribution in [0.25, 0.3) is 0 Å². The van der Waals surface area contributed by atoms with Crippen molar-refractivity contribution in [2.24, 2.45) is 0 Å². The summed E-state index contributed by atoms with van der Waals surface area (Å²) < 4.78 is 10.1. The van der Waals surface area contributed by atoms with Gasteiger partial charge in [-0.3, -0.25) is 4.79 Å². The second kappa shape index (κ2) is 6.02. The maximum atomic E-state index is 11.6. The van der Waals surface area contributed by atoms with Crippen LogP contribution in [0.3, 0.4) is 0 Å². The summed E-state index contributed by atoms with van der Waals surface area (Å²) in [7, 11) is 0. The van der Waals surface area contributed by atoms with E-state index in [0.717, 1.165) is 0 Å². The van der Waals surface area contributed by atoms with Gasteiger partial charge in [-0.15, -0.1) is 0 Å². The number of nitriles is 1. The molecule has 20 heavy (non-hydrogen) atoms. The van der Waals surface area contributed by atoms with Crippen molar-refractivity contribution < 1.29 is 19.1 Å². The Labute approximate surface area is 115 Å². The molecule has 7 heteroatoms. The number of aromatic nitrogens is 1. The number of ether oxygens (including phenoxy) is 2. The molecule has 2 rings (SSSR count). The van der Waals surface area contributed by atoms with Crippen LogP contribution < -0.4 is 4.74 Å². The van der Waals surface area contributed by atoms with Crippen LogP contribution in [0.15, 0.2) is 18.3 Å². The number of amides is 1. The molecule has 0 spiro atoms. The standard InChI is InChI=1S/C13H13N3O4/c1-2-19-13(18)12(17)16-7-10(8-16)20-11-9(6-14)4-3-5-15-11/h3-5,10H,2,7-8H2,1H3. The summed E-state index contributed by atoms with van der Waals surface area (Å²) in [6.45, 7) is 2.35. The molecule has 0 unspecified atom stereocenters. The molecule has 0 saturated carbocycles. The monoisotopic (exact) mass is 275 g/mol. The highest BCUT2D eigenvalue weighted by Gasteiger charge is 2.36. The van der Waals surface area contributed by atoms with Crippen LogP contribution in [-0.4, -0.2) is 47.6 Å². The summed E-state index contributed by atoms with van der Waals surface area (Å²) >= 11 is 0. The average molecular weight is 275 g/mol. The first-order valence-corrected chi connectivity index (χ1v) is 6.13. The summed E-state index contributed by atoms with van der Waals surface area (Å²) in [5, 5.41) is 8.90. The second-order valence-corrected chi connectivity index (χ2v) is 4.14. The van der Waals surface area contributed by atoms with Gasteiger partial charge >= 0.3 is 11.9 Å². The van der Waals surface area contributed by atoms with Gasteiger partial charge < -0.3 is 14.4 Å². The van der Waals surface area contributed by atoms with E-state index in [0.29, 0.717) is 5.56 Å². The average Bonchev–Trinajstić information content (AvgIpc) is 2.42. The maximum absolute atomic E-state index is 11.6. The summed E-state index contributed by atoms with van der Waals surface area (Å²) in [4.78, 5) is 28.1. The van der Waals surface area contributed by atoms with Crippen molar-refractivity contribution in [3.05, 3.63) is 23.9 Å². The van der Waals surface area contributed by atoms with Crippen molar-refractivity contribution in [1.82, 2.24) is 9.88 Å². The Morgan fingerprint density at radius 2 is 2.30 bits per heavy atom. The Kier molecular flexibility index (Phi) is 4.15. The van der Waals surface area contributed by atoms with E-state index in [1.54, 1.807) is 19.1 Å². The number of hydrogen-bond donors (Lipinski definition) is 0. The molecule has 1 aliphatic heterocycles. The summed E-state index contributed by atoms with van der Waals surface area (Å²) in [5.41, 5.74) is 0.336. The van der Waals surface area contributed by atoms with E-state index in [4.69, 9.17) is 10.00 Å². The predicted octanol–water partition coefficient (Wildman–Crippen LogP) is 0.106. The van der Waals surface area contributed by atoms with E-state index >= 15 is 0 Å². The van der Waals surface area contributed by atoms with E-state index in [1.807, 2.05) is 6.07 Å². The van der Waals surface area contributed by atoms with E-state index in [2.05, 4.69) is 9.72 Å². The molecular formula is C13H13N3O4. The third-order valence-electron chi connectivity index (χ3n) is 2.76. The van der Waals surface area contributed by atoms with Gasteiger partial charge in [0.2, 0.25) is 5.88 Å². The van der Waals surface area contributed by atoms with Crippen LogP contribution in [0.2, 0.25) is 0 Å². The van der Waals surface area contributed by atoms with E-state index in [1.165, 1.54) is 11.1 Å². The first-order valence-electron chi connectivity index (χ1n) is 6.13. The number of nitrogens with zero attached hydrogens (tertiary/aromatic N) is 3. The van der Waals surface area contributed by atoms with Gasteiger partial charge in [0, 0.05) is 6.20 Å². The van der Waals surface area contributed by atoms with Crippen LogP contribution >= 0.6 is 0 Å². The SMILES string of the molecule is CCOC(=O)C(=O)N1CC(Oc2ncccc2C#N)C1. The lowest BCUT2D eigenvalue weighted by Crippen LogP contribution is -2.58. The molecular weight excluding hydrogens is 262 g/mol. The Hall–Kier alpha value is -2.62. The van der Waals surface area contributed by atoms with E-state index in [9.17, 15) is 9.59 Å². The Balaban J connectivity index is 1.87. The van der Waals surface area contributed by atoms with Crippen LogP contribution in [0.1, 0.15) is 12.5 Å². The number of esters is 1. The molecule has 1 amide bonds. The highest BCUT2D eigenvalue weighted by atomic mass is 16.5. The Morgan fingerprint density at radius 1 is 1.55 bits per heavy atom. The summed E-state index contributed by atoms with van der Waals surface area (Å²) in [6.07, 6.45) is 1.26. The molecule has 1 aliphatic rings.